The first kappa shape index (κ1) is 16.8. The lowest BCUT2D eigenvalue weighted by molar-refractivity contribution is 0.503. The third kappa shape index (κ3) is 4.48. The lowest BCUT2D eigenvalue weighted by atomic mass is 10.0. The maximum atomic E-state index is 6.01. The molecule has 2 aromatic carbocycles. The number of nitrogens with one attached hydrogen (secondary N) is 1. The number of hydrogen-bond acceptors (Lipinski definition) is 2. The van der Waals surface area contributed by atoms with E-state index < -0.39 is 0 Å². The van der Waals surface area contributed by atoms with E-state index in [4.69, 9.17) is 4.42 Å². The molecule has 2 nitrogen and oxygen atoms in total. The van der Waals surface area contributed by atoms with Crippen LogP contribution in [0.4, 0.5) is 0 Å². The number of fused-ring (bicyclic) bond motifs is 1. The summed E-state index contributed by atoms with van der Waals surface area (Å²) in [7, 11) is 0. The van der Waals surface area contributed by atoms with Crippen molar-refractivity contribution in [1.29, 1.82) is 0 Å². The van der Waals surface area contributed by atoms with E-state index >= 15 is 0 Å². The number of rotatable bonds is 9. The summed E-state index contributed by atoms with van der Waals surface area (Å²) >= 11 is 0. The van der Waals surface area contributed by atoms with Gasteiger partial charge in [-0.2, -0.15) is 0 Å². The monoisotopic (exact) mass is 321 g/mol. The third-order valence-corrected chi connectivity index (χ3v) is 4.43. The zero-order valence-corrected chi connectivity index (χ0v) is 14.6. The second-order valence-corrected chi connectivity index (χ2v) is 6.42. The molecule has 1 N–H and O–H groups in total. The van der Waals surface area contributed by atoms with E-state index in [0.717, 1.165) is 24.4 Å². The molecule has 0 aliphatic rings. The molecule has 0 fully saturated rings. The van der Waals surface area contributed by atoms with E-state index in [-0.39, 0.29) is 0 Å². The number of hydrogen-bond donors (Lipinski definition) is 1. The van der Waals surface area contributed by atoms with Crippen molar-refractivity contribution in [3.63, 3.8) is 0 Å². The minimum Gasteiger partial charge on any atom is -0.460 e. The standard InChI is InChI=1S/C22H27NO/c1-2-3-4-5-9-14-23-17-21-15-20-13-12-19(16-22(20)24-21)18-10-7-6-8-11-18/h6-8,10-13,15-16,23H,2-5,9,14,17H2,1H3. The molecule has 3 rings (SSSR count). The second kappa shape index (κ2) is 8.70. The molecule has 24 heavy (non-hydrogen) atoms. The van der Waals surface area contributed by atoms with Gasteiger partial charge in [-0.1, -0.05) is 75.1 Å². The van der Waals surface area contributed by atoms with Crippen molar-refractivity contribution in [2.24, 2.45) is 0 Å². The van der Waals surface area contributed by atoms with E-state index in [9.17, 15) is 0 Å². The third-order valence-electron chi connectivity index (χ3n) is 4.43. The Hall–Kier alpha value is -2.06. The fourth-order valence-corrected chi connectivity index (χ4v) is 3.05. The van der Waals surface area contributed by atoms with Gasteiger partial charge in [0.2, 0.25) is 0 Å². The van der Waals surface area contributed by atoms with Gasteiger partial charge in [0.15, 0.2) is 0 Å². The van der Waals surface area contributed by atoms with Crippen LogP contribution in [0, 0.1) is 0 Å². The summed E-state index contributed by atoms with van der Waals surface area (Å²) < 4.78 is 6.01. The summed E-state index contributed by atoms with van der Waals surface area (Å²) in [6, 6.07) is 19.0. The van der Waals surface area contributed by atoms with Crippen LogP contribution in [0.15, 0.2) is 59.0 Å². The van der Waals surface area contributed by atoms with Crippen molar-refractivity contribution < 1.29 is 4.42 Å². The minimum absolute atomic E-state index is 0.809. The highest BCUT2D eigenvalue weighted by Gasteiger charge is 2.05. The SMILES string of the molecule is CCCCCCCNCc1cc2ccc(-c3ccccc3)cc2o1. The molecular formula is C22H27NO. The van der Waals surface area contributed by atoms with Gasteiger partial charge in [-0.05, 0) is 36.2 Å². The van der Waals surface area contributed by atoms with Gasteiger partial charge in [0.25, 0.3) is 0 Å². The first-order chi connectivity index (χ1) is 11.9. The summed E-state index contributed by atoms with van der Waals surface area (Å²) in [5.41, 5.74) is 3.39. The van der Waals surface area contributed by atoms with Crippen LogP contribution < -0.4 is 5.32 Å². The van der Waals surface area contributed by atoms with E-state index in [1.165, 1.54) is 48.6 Å². The molecule has 1 aromatic heterocycles. The first-order valence-corrected chi connectivity index (χ1v) is 9.15. The number of benzene rings is 2. The Labute approximate surface area is 144 Å². The maximum absolute atomic E-state index is 6.01. The Morgan fingerprint density at radius 2 is 1.67 bits per heavy atom. The molecule has 0 atom stereocenters. The van der Waals surface area contributed by atoms with Crippen LogP contribution in [-0.4, -0.2) is 6.54 Å². The predicted molar refractivity (Wildman–Crippen MR) is 102 cm³/mol. The summed E-state index contributed by atoms with van der Waals surface area (Å²) in [6.45, 7) is 4.13. The second-order valence-electron chi connectivity index (χ2n) is 6.42. The molecular weight excluding hydrogens is 294 g/mol. The molecule has 3 aromatic rings. The highest BCUT2D eigenvalue weighted by Crippen LogP contribution is 2.26. The van der Waals surface area contributed by atoms with Gasteiger partial charge in [0.05, 0.1) is 6.54 Å². The average Bonchev–Trinajstić information content (AvgIpc) is 3.03. The van der Waals surface area contributed by atoms with Crippen molar-refractivity contribution >= 4 is 11.0 Å². The summed E-state index contributed by atoms with van der Waals surface area (Å²) in [6.07, 6.45) is 6.58. The normalized spacial score (nSPS) is 11.2. The largest absolute Gasteiger partial charge is 0.460 e. The average molecular weight is 321 g/mol. The fraction of sp³-hybridized carbons (Fsp3) is 0.364. The number of unbranched alkanes of at least 4 members (excludes halogenated alkanes) is 4. The summed E-state index contributed by atoms with van der Waals surface area (Å²) in [5, 5.41) is 4.67. The molecule has 0 amide bonds. The Bertz CT molecular complexity index is 745. The molecule has 0 saturated carbocycles. The highest BCUT2D eigenvalue weighted by molar-refractivity contribution is 5.83. The Morgan fingerprint density at radius 1 is 0.833 bits per heavy atom. The minimum atomic E-state index is 0.809. The van der Waals surface area contributed by atoms with Crippen LogP contribution >= 0.6 is 0 Å². The van der Waals surface area contributed by atoms with Crippen LogP contribution in [0.25, 0.3) is 22.1 Å². The van der Waals surface area contributed by atoms with Crippen LogP contribution in [0.1, 0.15) is 44.8 Å². The molecule has 126 valence electrons. The molecule has 0 unspecified atom stereocenters. The van der Waals surface area contributed by atoms with E-state index in [1.54, 1.807) is 0 Å². The lowest BCUT2D eigenvalue weighted by Gasteiger charge is -2.02. The Morgan fingerprint density at radius 3 is 2.50 bits per heavy atom. The molecule has 0 aliphatic carbocycles. The molecule has 2 heteroatoms. The van der Waals surface area contributed by atoms with Gasteiger partial charge in [0.1, 0.15) is 11.3 Å². The molecule has 1 heterocycles. The van der Waals surface area contributed by atoms with Crippen molar-refractivity contribution in [2.45, 2.75) is 45.6 Å². The molecule has 0 radical (unpaired) electrons. The van der Waals surface area contributed by atoms with Crippen molar-refractivity contribution in [3.8, 4) is 11.1 Å². The van der Waals surface area contributed by atoms with Crippen molar-refractivity contribution in [2.75, 3.05) is 6.54 Å². The van der Waals surface area contributed by atoms with Crippen LogP contribution in [-0.2, 0) is 6.54 Å². The molecule has 0 spiro atoms. The zero-order valence-electron chi connectivity index (χ0n) is 14.6. The number of furan rings is 1. The van der Waals surface area contributed by atoms with Gasteiger partial charge >= 0.3 is 0 Å². The van der Waals surface area contributed by atoms with Gasteiger partial charge in [-0.25, -0.2) is 0 Å². The summed E-state index contributed by atoms with van der Waals surface area (Å²) in [5.74, 6) is 1.02. The highest BCUT2D eigenvalue weighted by atomic mass is 16.3. The van der Waals surface area contributed by atoms with Crippen LogP contribution in [0.3, 0.4) is 0 Å². The predicted octanol–water partition coefficient (Wildman–Crippen LogP) is 6.16. The lowest BCUT2D eigenvalue weighted by Crippen LogP contribution is -2.14. The van der Waals surface area contributed by atoms with Crippen LogP contribution in [0.2, 0.25) is 0 Å². The van der Waals surface area contributed by atoms with Gasteiger partial charge in [0, 0.05) is 5.39 Å². The van der Waals surface area contributed by atoms with Crippen molar-refractivity contribution in [1.82, 2.24) is 5.32 Å². The summed E-state index contributed by atoms with van der Waals surface area (Å²) in [4.78, 5) is 0. The van der Waals surface area contributed by atoms with Gasteiger partial charge in [-0.3, -0.25) is 0 Å². The van der Waals surface area contributed by atoms with Gasteiger partial charge in [-0.15, -0.1) is 0 Å². The first-order valence-electron chi connectivity index (χ1n) is 9.15. The fourth-order valence-electron chi connectivity index (χ4n) is 3.05. The van der Waals surface area contributed by atoms with Gasteiger partial charge < -0.3 is 9.73 Å². The molecule has 0 bridgehead atoms. The zero-order chi connectivity index (χ0) is 16.6. The quantitative estimate of drug-likeness (QED) is 0.477. The van der Waals surface area contributed by atoms with Crippen molar-refractivity contribution in [3.05, 3.63) is 60.4 Å². The maximum Gasteiger partial charge on any atom is 0.134 e. The Balaban J connectivity index is 1.56. The van der Waals surface area contributed by atoms with E-state index in [2.05, 4.69) is 60.8 Å². The smallest absolute Gasteiger partial charge is 0.134 e. The van der Waals surface area contributed by atoms with E-state index in [1.807, 2.05) is 6.07 Å². The topological polar surface area (TPSA) is 25.2 Å². The van der Waals surface area contributed by atoms with Crippen LogP contribution in [0.5, 0.6) is 0 Å². The van der Waals surface area contributed by atoms with E-state index in [0.29, 0.717) is 0 Å². The molecule has 0 aliphatic heterocycles. The Kier molecular flexibility index (Phi) is 6.08. The molecule has 0 saturated heterocycles.